The van der Waals surface area contributed by atoms with E-state index in [-0.39, 0.29) is 5.41 Å². The Morgan fingerprint density at radius 2 is 1.89 bits per heavy atom. The molecule has 4 nitrogen and oxygen atoms in total. The number of anilines is 1. The van der Waals surface area contributed by atoms with Crippen LogP contribution in [0.2, 0.25) is 0 Å². The zero-order chi connectivity index (χ0) is 14.3. The molecule has 1 aromatic rings. The molecular weight excluding hydrogens is 262 g/mol. The second-order valence-electron chi connectivity index (χ2n) is 6.15. The highest BCUT2D eigenvalue weighted by Gasteiger charge is 2.27. The molecule has 1 aliphatic carbocycles. The van der Waals surface area contributed by atoms with Gasteiger partial charge >= 0.3 is 0 Å². The minimum atomic E-state index is -3.25. The Balaban J connectivity index is 2.35. The maximum atomic E-state index is 11.3. The van der Waals surface area contributed by atoms with Gasteiger partial charge in [0.05, 0.1) is 12.4 Å². The molecule has 0 radical (unpaired) electrons. The molecule has 1 saturated carbocycles. The van der Waals surface area contributed by atoms with Gasteiger partial charge in [-0.25, -0.2) is 8.42 Å². The summed E-state index contributed by atoms with van der Waals surface area (Å²) in [6.07, 6.45) is 3.69. The molecule has 1 N–H and O–H groups in total. The molecule has 0 aliphatic heterocycles. The lowest BCUT2D eigenvalue weighted by Gasteiger charge is -2.23. The smallest absolute Gasteiger partial charge is 0.229 e. The maximum absolute atomic E-state index is 11.3. The normalized spacial score (nSPS) is 16.2. The lowest BCUT2D eigenvalue weighted by atomic mass is 9.86. The number of rotatable bonds is 4. The highest BCUT2D eigenvalue weighted by molar-refractivity contribution is 7.92. The van der Waals surface area contributed by atoms with Crippen LogP contribution in [0.4, 0.5) is 5.69 Å². The largest absolute Gasteiger partial charge is 0.490 e. The number of benzene rings is 1. The Hall–Kier alpha value is -1.23. The average molecular weight is 283 g/mol. The fourth-order valence-corrected chi connectivity index (χ4v) is 2.42. The van der Waals surface area contributed by atoms with E-state index in [1.54, 1.807) is 6.07 Å². The van der Waals surface area contributed by atoms with Crippen LogP contribution in [0.3, 0.4) is 0 Å². The second-order valence-corrected chi connectivity index (χ2v) is 7.90. The highest BCUT2D eigenvalue weighted by Crippen LogP contribution is 2.37. The van der Waals surface area contributed by atoms with Crippen LogP contribution in [0, 0.1) is 0 Å². The van der Waals surface area contributed by atoms with Gasteiger partial charge in [-0.05, 0) is 36.5 Å². The third kappa shape index (κ3) is 4.13. The average Bonchev–Trinajstić information content (AvgIpc) is 3.00. The summed E-state index contributed by atoms with van der Waals surface area (Å²) in [6, 6.07) is 5.46. The van der Waals surface area contributed by atoms with Crippen LogP contribution in [0.1, 0.15) is 39.2 Å². The van der Waals surface area contributed by atoms with E-state index in [1.165, 1.54) is 0 Å². The van der Waals surface area contributed by atoms with E-state index in [0.717, 1.165) is 30.4 Å². The topological polar surface area (TPSA) is 55.4 Å². The van der Waals surface area contributed by atoms with E-state index in [9.17, 15) is 8.42 Å². The van der Waals surface area contributed by atoms with Crippen molar-refractivity contribution >= 4 is 15.7 Å². The van der Waals surface area contributed by atoms with E-state index in [4.69, 9.17) is 4.74 Å². The van der Waals surface area contributed by atoms with E-state index in [0.29, 0.717) is 11.8 Å². The minimum absolute atomic E-state index is 0.0978. The van der Waals surface area contributed by atoms with Crippen LogP contribution in [0.15, 0.2) is 18.2 Å². The third-order valence-electron chi connectivity index (χ3n) is 2.91. The van der Waals surface area contributed by atoms with Gasteiger partial charge in [0.2, 0.25) is 10.0 Å². The van der Waals surface area contributed by atoms with E-state index < -0.39 is 10.0 Å². The summed E-state index contributed by atoms with van der Waals surface area (Å²) in [5.74, 6) is 0.856. The maximum Gasteiger partial charge on any atom is 0.229 e. The van der Waals surface area contributed by atoms with E-state index in [1.807, 2.05) is 12.1 Å². The first kappa shape index (κ1) is 14.2. The molecule has 0 aromatic heterocycles. The summed E-state index contributed by atoms with van der Waals surface area (Å²) >= 11 is 0. The van der Waals surface area contributed by atoms with E-state index in [2.05, 4.69) is 25.5 Å². The lowest BCUT2D eigenvalue weighted by Crippen LogP contribution is -2.16. The summed E-state index contributed by atoms with van der Waals surface area (Å²) in [7, 11) is -3.25. The Kier molecular flexibility index (Phi) is 3.51. The van der Waals surface area contributed by atoms with Gasteiger partial charge in [-0.3, -0.25) is 4.72 Å². The number of hydrogen-bond acceptors (Lipinski definition) is 3. The first-order chi connectivity index (χ1) is 8.65. The molecule has 1 aromatic carbocycles. The molecule has 0 spiro atoms. The molecule has 5 heteroatoms. The monoisotopic (exact) mass is 283 g/mol. The Labute approximate surface area is 115 Å². The Bertz CT molecular complexity index is 569. The van der Waals surface area contributed by atoms with E-state index >= 15 is 0 Å². The van der Waals surface area contributed by atoms with Crippen molar-refractivity contribution < 1.29 is 13.2 Å². The fourth-order valence-electron chi connectivity index (χ4n) is 1.86. The molecule has 0 unspecified atom stereocenters. The number of hydrogen-bond donors (Lipinski definition) is 1. The lowest BCUT2D eigenvalue weighted by molar-refractivity contribution is 0.295. The second kappa shape index (κ2) is 4.71. The minimum Gasteiger partial charge on any atom is -0.490 e. The van der Waals surface area contributed by atoms with Gasteiger partial charge in [0, 0.05) is 11.3 Å². The van der Waals surface area contributed by atoms with Crippen LogP contribution >= 0.6 is 0 Å². The molecule has 0 saturated heterocycles. The summed E-state index contributed by atoms with van der Waals surface area (Å²) < 4.78 is 31.0. The molecule has 2 rings (SSSR count). The van der Waals surface area contributed by atoms with Crippen LogP contribution in [-0.4, -0.2) is 20.8 Å². The van der Waals surface area contributed by atoms with Crippen molar-refractivity contribution in [1.82, 2.24) is 0 Å². The molecule has 0 bridgehead atoms. The molecule has 19 heavy (non-hydrogen) atoms. The summed E-state index contributed by atoms with van der Waals surface area (Å²) in [5.41, 5.74) is 1.50. The standard InChI is InChI=1S/C14H21NO3S/c1-14(2,3)12-9-10(15-19(4,16)17)5-8-13(12)18-11-6-7-11/h5,8-9,11,15H,6-7H2,1-4H3. The zero-order valence-electron chi connectivity index (χ0n) is 11.9. The van der Waals surface area contributed by atoms with Crippen molar-refractivity contribution in [3.8, 4) is 5.75 Å². The zero-order valence-corrected chi connectivity index (χ0v) is 12.7. The Morgan fingerprint density at radius 3 is 2.37 bits per heavy atom. The van der Waals surface area contributed by atoms with Crippen LogP contribution in [0.25, 0.3) is 0 Å². The van der Waals surface area contributed by atoms with Gasteiger partial charge in [-0.15, -0.1) is 0 Å². The molecule has 1 aliphatic rings. The number of nitrogens with one attached hydrogen (secondary N) is 1. The molecule has 0 amide bonds. The SMILES string of the molecule is CC(C)(C)c1cc(NS(C)(=O)=O)ccc1OC1CC1. The van der Waals surface area contributed by atoms with Gasteiger partial charge in [0.25, 0.3) is 0 Å². The number of sulfonamides is 1. The van der Waals surface area contributed by atoms with Gasteiger partial charge < -0.3 is 4.74 Å². The van der Waals surface area contributed by atoms with Crippen LogP contribution < -0.4 is 9.46 Å². The first-order valence-electron chi connectivity index (χ1n) is 6.44. The Morgan fingerprint density at radius 1 is 1.26 bits per heavy atom. The molecule has 0 heterocycles. The molecule has 0 atom stereocenters. The van der Waals surface area contributed by atoms with Crippen molar-refractivity contribution in [2.75, 3.05) is 11.0 Å². The number of ether oxygens (including phenoxy) is 1. The van der Waals surface area contributed by atoms with Crippen molar-refractivity contribution in [2.24, 2.45) is 0 Å². The summed E-state index contributed by atoms with van der Waals surface area (Å²) in [5, 5.41) is 0. The summed E-state index contributed by atoms with van der Waals surface area (Å²) in [4.78, 5) is 0. The fraction of sp³-hybridized carbons (Fsp3) is 0.571. The van der Waals surface area contributed by atoms with Crippen molar-refractivity contribution in [2.45, 2.75) is 45.1 Å². The first-order valence-corrected chi connectivity index (χ1v) is 8.33. The van der Waals surface area contributed by atoms with Gasteiger partial charge in [-0.1, -0.05) is 20.8 Å². The highest BCUT2D eigenvalue weighted by atomic mass is 32.2. The predicted octanol–water partition coefficient (Wildman–Crippen LogP) is 2.90. The van der Waals surface area contributed by atoms with Crippen molar-refractivity contribution in [3.63, 3.8) is 0 Å². The van der Waals surface area contributed by atoms with Crippen LogP contribution in [0.5, 0.6) is 5.75 Å². The molecule has 106 valence electrons. The van der Waals surface area contributed by atoms with Crippen molar-refractivity contribution in [1.29, 1.82) is 0 Å². The molecular formula is C14H21NO3S. The predicted molar refractivity (Wildman–Crippen MR) is 77.3 cm³/mol. The molecule has 1 fully saturated rings. The summed E-state index contributed by atoms with van der Waals surface area (Å²) in [6.45, 7) is 6.27. The van der Waals surface area contributed by atoms with Crippen molar-refractivity contribution in [3.05, 3.63) is 23.8 Å². The van der Waals surface area contributed by atoms with Gasteiger partial charge in [-0.2, -0.15) is 0 Å². The van der Waals surface area contributed by atoms with Crippen LogP contribution in [-0.2, 0) is 15.4 Å². The van der Waals surface area contributed by atoms with Gasteiger partial charge in [0.1, 0.15) is 5.75 Å². The van der Waals surface area contributed by atoms with Gasteiger partial charge in [0.15, 0.2) is 0 Å². The quantitative estimate of drug-likeness (QED) is 0.924. The third-order valence-corrected chi connectivity index (χ3v) is 3.52.